The molecule has 3 rings (SSSR count). The second-order valence-corrected chi connectivity index (χ2v) is 8.86. The number of nitrogens with zero attached hydrogens (tertiary/aromatic N) is 3. The summed E-state index contributed by atoms with van der Waals surface area (Å²) in [4.78, 5) is 52.3. The number of hydrogen-bond acceptors (Lipinski definition) is 12. The molecule has 17 heteroatoms. The first-order valence-electron chi connectivity index (χ1n) is 8.85. The molecule has 0 aromatic carbocycles. The molecule has 7 N–H and O–H groups in total. The maximum atomic E-state index is 12.7. The molecule has 1 fully saturated rings. The van der Waals surface area contributed by atoms with Crippen LogP contribution in [0.5, 0.6) is 0 Å². The van der Waals surface area contributed by atoms with E-state index in [0.29, 0.717) is 11.3 Å². The molecule has 0 aliphatic carbocycles. The molecule has 33 heavy (non-hydrogen) atoms. The molecule has 0 saturated carbocycles. The van der Waals surface area contributed by atoms with Crippen LogP contribution in [0.2, 0.25) is 0 Å². The van der Waals surface area contributed by atoms with Gasteiger partial charge in [-0.25, -0.2) is 4.98 Å². The molecule has 2 aliphatic heterocycles. The largest absolute Gasteiger partial charge is 1.00 e. The quantitative estimate of drug-likeness (QED) is 0.0435. The molecular formula is C16H16N7NaO6S3. The van der Waals surface area contributed by atoms with E-state index in [9.17, 15) is 29.5 Å². The van der Waals surface area contributed by atoms with Crippen LogP contribution in [0.3, 0.4) is 0 Å². The molecule has 3 heterocycles. The molecule has 0 bridgehead atoms. The summed E-state index contributed by atoms with van der Waals surface area (Å²) in [5, 5.41) is 29.2. The van der Waals surface area contributed by atoms with Crippen molar-refractivity contribution in [1.29, 1.82) is 0 Å². The molecule has 1 unspecified atom stereocenters. The van der Waals surface area contributed by atoms with Gasteiger partial charge in [0.15, 0.2) is 10.8 Å². The van der Waals surface area contributed by atoms with E-state index in [1.54, 1.807) is 0 Å². The zero-order valence-electron chi connectivity index (χ0n) is 17.1. The van der Waals surface area contributed by atoms with Crippen molar-refractivity contribution in [2.75, 3.05) is 18.0 Å². The first kappa shape index (κ1) is 27.0. The van der Waals surface area contributed by atoms with Crippen LogP contribution >= 0.6 is 35.3 Å². The van der Waals surface area contributed by atoms with Crippen molar-refractivity contribution in [2.45, 2.75) is 17.8 Å². The number of nitrogens with one attached hydrogen (secondary N) is 2. The van der Waals surface area contributed by atoms with Gasteiger partial charge in [0, 0.05) is 23.4 Å². The van der Waals surface area contributed by atoms with Crippen molar-refractivity contribution in [2.24, 2.45) is 10.9 Å². The van der Waals surface area contributed by atoms with Crippen molar-refractivity contribution >= 4 is 74.8 Å². The summed E-state index contributed by atoms with van der Waals surface area (Å²) >= 11 is 7.09. The molecule has 1 saturated heterocycles. The van der Waals surface area contributed by atoms with Gasteiger partial charge in [0.25, 0.3) is 11.8 Å². The van der Waals surface area contributed by atoms with Gasteiger partial charge in [-0.15, -0.1) is 23.1 Å². The van der Waals surface area contributed by atoms with E-state index in [0.717, 1.165) is 11.3 Å². The normalized spacial score (nSPS) is 19.7. The van der Waals surface area contributed by atoms with Gasteiger partial charge in [0.05, 0.1) is 0 Å². The summed E-state index contributed by atoms with van der Waals surface area (Å²) < 4.78 is 0. The van der Waals surface area contributed by atoms with Crippen LogP contribution in [0.15, 0.2) is 21.8 Å². The first-order valence-corrected chi connectivity index (χ1v) is 11.2. The van der Waals surface area contributed by atoms with E-state index in [1.807, 2.05) is 0 Å². The van der Waals surface area contributed by atoms with E-state index in [1.165, 1.54) is 22.0 Å². The number of nitrogen functional groups attached to an aromatic ring is 1. The Kier molecular flexibility index (Phi) is 9.21. The SMILES string of the molecule is NC(=O)C(=O)NCCC1=C(C([O-])=S)N2C(=O)C(NC(=O)/C(=N\O)c3csc(N)n3)[C@H]2SC1.[Na+]. The number of oxime groups is 1. The first-order chi connectivity index (χ1) is 15.1. The third kappa shape index (κ3) is 5.64. The number of thiocarbonyl (C=S) groups is 1. The Morgan fingerprint density at radius 3 is 2.64 bits per heavy atom. The minimum absolute atomic E-state index is 0. The molecule has 0 radical (unpaired) electrons. The molecule has 1 aromatic rings. The van der Waals surface area contributed by atoms with Crippen LogP contribution in [-0.2, 0) is 19.2 Å². The van der Waals surface area contributed by atoms with Crippen molar-refractivity contribution in [3.05, 3.63) is 22.3 Å². The molecular weight excluding hydrogens is 505 g/mol. The van der Waals surface area contributed by atoms with Crippen molar-refractivity contribution in [3.63, 3.8) is 0 Å². The van der Waals surface area contributed by atoms with E-state index >= 15 is 0 Å². The van der Waals surface area contributed by atoms with E-state index < -0.39 is 45.8 Å². The van der Waals surface area contributed by atoms with Gasteiger partial charge in [0.1, 0.15) is 17.1 Å². The predicted molar refractivity (Wildman–Crippen MR) is 116 cm³/mol. The van der Waals surface area contributed by atoms with Gasteiger partial charge in [-0.2, -0.15) is 0 Å². The molecule has 4 amide bonds. The van der Waals surface area contributed by atoms with Crippen LogP contribution < -0.4 is 56.8 Å². The van der Waals surface area contributed by atoms with Crippen LogP contribution in [0, 0.1) is 0 Å². The summed E-state index contributed by atoms with van der Waals surface area (Å²) in [5.74, 6) is -3.22. The molecule has 170 valence electrons. The standard InChI is InChI=1S/C16H17N7O6S3.Na/c17-10(24)12(26)19-2-1-5-3-31-14-8(13(27)23(14)9(5)15(28)30)21-11(25)7(22-29)6-4-32-16(18)20-6;/h4,8,14,29H,1-3H2,(H2,17,24)(H2,18,20)(H,19,26)(H,21,25)(H,28,30);/q;+1/p-1/b22-7-;/t8?,14-;/m1./s1. The Balaban J connectivity index is 0.00000385. The maximum Gasteiger partial charge on any atom is 1.00 e. The summed E-state index contributed by atoms with van der Waals surface area (Å²) in [5.41, 5.74) is 10.6. The Bertz CT molecular complexity index is 1070. The summed E-state index contributed by atoms with van der Waals surface area (Å²) in [6, 6.07) is -0.985. The van der Waals surface area contributed by atoms with Crippen molar-refractivity contribution < 1.29 is 59.0 Å². The fourth-order valence-corrected chi connectivity index (χ4v) is 5.28. The number of amides is 4. The second-order valence-electron chi connectivity index (χ2n) is 6.49. The summed E-state index contributed by atoms with van der Waals surface area (Å²) in [6.45, 7) is 0.0176. The van der Waals surface area contributed by atoms with Gasteiger partial charge >= 0.3 is 41.4 Å². The van der Waals surface area contributed by atoms with Gasteiger partial charge < -0.3 is 32.4 Å². The number of carbonyl (C=O) groups excluding carboxylic acids is 4. The predicted octanol–water partition coefficient (Wildman–Crippen LogP) is -5.76. The Morgan fingerprint density at radius 2 is 2.09 bits per heavy atom. The number of thiazole rings is 1. The summed E-state index contributed by atoms with van der Waals surface area (Å²) in [6.07, 6.45) is 0.170. The number of β-lactam (4-membered cyclic amide) rings is 1. The number of anilines is 1. The zero-order chi connectivity index (χ0) is 23.6. The van der Waals surface area contributed by atoms with Crippen LogP contribution in [0.4, 0.5) is 5.13 Å². The fraction of sp³-hybridized carbons (Fsp3) is 0.312. The van der Waals surface area contributed by atoms with E-state index in [4.69, 9.17) is 23.7 Å². The number of aromatic nitrogens is 1. The van der Waals surface area contributed by atoms with Gasteiger partial charge in [0.2, 0.25) is 0 Å². The van der Waals surface area contributed by atoms with E-state index in [-0.39, 0.29) is 59.0 Å². The molecule has 2 aliphatic rings. The second kappa shape index (κ2) is 11.3. The molecule has 1 aromatic heterocycles. The van der Waals surface area contributed by atoms with E-state index in [2.05, 4.69) is 20.8 Å². The molecule has 13 nitrogen and oxygen atoms in total. The Morgan fingerprint density at radius 1 is 1.39 bits per heavy atom. The Hall–Kier alpha value is -2.24. The number of nitrogens with two attached hydrogens (primary N) is 2. The third-order valence-corrected chi connectivity index (χ3v) is 6.75. The number of hydrogen-bond donors (Lipinski definition) is 5. The smallest absolute Gasteiger partial charge is 0.863 e. The number of rotatable bonds is 7. The maximum absolute atomic E-state index is 12.7. The average molecular weight is 522 g/mol. The van der Waals surface area contributed by atoms with Gasteiger partial charge in [-0.05, 0) is 17.0 Å². The summed E-state index contributed by atoms with van der Waals surface area (Å²) in [7, 11) is 0. The topological polar surface area (TPSA) is 216 Å². The van der Waals surface area contributed by atoms with Gasteiger partial charge in [-0.3, -0.25) is 24.1 Å². The monoisotopic (exact) mass is 521 g/mol. The van der Waals surface area contributed by atoms with Gasteiger partial charge in [-0.1, -0.05) is 17.4 Å². The van der Waals surface area contributed by atoms with Crippen LogP contribution in [0.25, 0.3) is 0 Å². The zero-order valence-corrected chi connectivity index (χ0v) is 21.5. The van der Waals surface area contributed by atoms with Crippen LogP contribution in [-0.4, -0.2) is 73.2 Å². The fourth-order valence-electron chi connectivity index (χ4n) is 3.10. The molecule has 2 atom stereocenters. The number of thioether (sulfide) groups is 1. The minimum Gasteiger partial charge on any atom is -0.863 e. The Labute approximate surface area is 222 Å². The minimum atomic E-state index is -1.14. The average Bonchev–Trinajstić information content (AvgIpc) is 3.17. The third-order valence-electron chi connectivity index (χ3n) is 4.54. The van der Waals surface area contributed by atoms with Crippen LogP contribution in [0.1, 0.15) is 12.1 Å². The number of carbonyl (C=O) groups is 4. The number of fused-ring (bicyclic) bond motifs is 1. The van der Waals surface area contributed by atoms with Crippen molar-refractivity contribution in [1.82, 2.24) is 20.5 Å². The molecule has 0 spiro atoms. The number of primary amides is 1. The van der Waals surface area contributed by atoms with Crippen molar-refractivity contribution in [3.8, 4) is 0 Å².